The third-order valence-electron chi connectivity index (χ3n) is 1.90. The molecule has 14 heavy (non-hydrogen) atoms. The SMILES string of the molecule is C=CCCc1ccc(OCOC)cc1. The van der Waals surface area contributed by atoms with Gasteiger partial charge in [0.1, 0.15) is 5.75 Å². The highest BCUT2D eigenvalue weighted by atomic mass is 16.7. The van der Waals surface area contributed by atoms with Crippen LogP contribution in [0.15, 0.2) is 36.9 Å². The molecule has 0 aliphatic heterocycles. The van der Waals surface area contributed by atoms with Crippen molar-refractivity contribution < 1.29 is 9.47 Å². The normalized spacial score (nSPS) is 9.79. The predicted octanol–water partition coefficient (Wildman–Crippen LogP) is 2.79. The van der Waals surface area contributed by atoms with E-state index in [1.165, 1.54) is 5.56 Å². The number of methoxy groups -OCH3 is 1. The van der Waals surface area contributed by atoms with Gasteiger partial charge in [-0.3, -0.25) is 0 Å². The van der Waals surface area contributed by atoms with Crippen molar-refractivity contribution in [2.75, 3.05) is 13.9 Å². The van der Waals surface area contributed by atoms with Crippen LogP contribution in [0.25, 0.3) is 0 Å². The topological polar surface area (TPSA) is 18.5 Å². The lowest BCUT2D eigenvalue weighted by atomic mass is 10.1. The quantitative estimate of drug-likeness (QED) is 0.509. The molecule has 0 heterocycles. The number of rotatable bonds is 6. The Morgan fingerprint density at radius 1 is 1.29 bits per heavy atom. The smallest absolute Gasteiger partial charge is 0.188 e. The molecule has 1 aromatic rings. The largest absolute Gasteiger partial charge is 0.468 e. The molecule has 1 aromatic carbocycles. The first kappa shape index (κ1) is 10.8. The minimum absolute atomic E-state index is 0.298. The predicted molar refractivity (Wildman–Crippen MR) is 57.5 cm³/mol. The van der Waals surface area contributed by atoms with E-state index in [-0.39, 0.29) is 0 Å². The Labute approximate surface area is 85.2 Å². The molecule has 0 aliphatic carbocycles. The van der Waals surface area contributed by atoms with E-state index in [0.717, 1.165) is 18.6 Å². The monoisotopic (exact) mass is 192 g/mol. The molecule has 0 spiro atoms. The molecule has 0 atom stereocenters. The number of benzene rings is 1. The van der Waals surface area contributed by atoms with Crippen LogP contribution in [0.1, 0.15) is 12.0 Å². The van der Waals surface area contributed by atoms with Gasteiger partial charge in [0.25, 0.3) is 0 Å². The van der Waals surface area contributed by atoms with E-state index in [1.54, 1.807) is 7.11 Å². The van der Waals surface area contributed by atoms with Crippen LogP contribution in [0.2, 0.25) is 0 Å². The van der Waals surface area contributed by atoms with Gasteiger partial charge < -0.3 is 9.47 Å². The molecule has 2 nitrogen and oxygen atoms in total. The second-order valence-corrected chi connectivity index (χ2v) is 3.02. The highest BCUT2D eigenvalue weighted by molar-refractivity contribution is 5.27. The van der Waals surface area contributed by atoms with Crippen molar-refractivity contribution in [2.45, 2.75) is 12.8 Å². The summed E-state index contributed by atoms with van der Waals surface area (Å²) in [5.74, 6) is 0.842. The first-order valence-corrected chi connectivity index (χ1v) is 4.68. The lowest BCUT2D eigenvalue weighted by molar-refractivity contribution is 0.0511. The van der Waals surface area contributed by atoms with E-state index in [4.69, 9.17) is 9.47 Å². The molecule has 0 bridgehead atoms. The molecule has 2 heteroatoms. The van der Waals surface area contributed by atoms with E-state index in [9.17, 15) is 0 Å². The number of ether oxygens (including phenoxy) is 2. The lowest BCUT2D eigenvalue weighted by Crippen LogP contribution is -1.98. The fraction of sp³-hybridized carbons (Fsp3) is 0.333. The van der Waals surface area contributed by atoms with Gasteiger partial charge in [-0.25, -0.2) is 0 Å². The van der Waals surface area contributed by atoms with Crippen LogP contribution < -0.4 is 4.74 Å². The summed E-state index contributed by atoms with van der Waals surface area (Å²) in [7, 11) is 1.61. The summed E-state index contributed by atoms with van der Waals surface area (Å²) in [5.41, 5.74) is 1.30. The number of allylic oxidation sites excluding steroid dienone is 1. The summed E-state index contributed by atoms with van der Waals surface area (Å²) < 4.78 is 10.1. The number of hydrogen-bond acceptors (Lipinski definition) is 2. The van der Waals surface area contributed by atoms with Crippen LogP contribution in [0.4, 0.5) is 0 Å². The Bertz CT molecular complexity index is 264. The summed E-state index contributed by atoms with van der Waals surface area (Å²) in [6.45, 7) is 3.99. The Kier molecular flexibility index (Phi) is 4.79. The maximum atomic E-state index is 5.27. The standard InChI is InChI=1S/C12H16O2/c1-3-4-5-11-6-8-12(9-7-11)14-10-13-2/h3,6-9H,1,4-5,10H2,2H3. The Morgan fingerprint density at radius 2 is 2.00 bits per heavy atom. The van der Waals surface area contributed by atoms with Crippen molar-refractivity contribution in [3.63, 3.8) is 0 Å². The van der Waals surface area contributed by atoms with Gasteiger partial charge in [0.05, 0.1) is 0 Å². The molecule has 0 aliphatic rings. The summed E-state index contributed by atoms with van der Waals surface area (Å²) in [5, 5.41) is 0. The van der Waals surface area contributed by atoms with E-state index in [1.807, 2.05) is 18.2 Å². The first-order valence-electron chi connectivity index (χ1n) is 4.68. The van der Waals surface area contributed by atoms with Crippen LogP contribution in [0.3, 0.4) is 0 Å². The van der Waals surface area contributed by atoms with E-state index in [2.05, 4.69) is 18.7 Å². The van der Waals surface area contributed by atoms with E-state index in [0.29, 0.717) is 6.79 Å². The second kappa shape index (κ2) is 6.22. The molecule has 0 aromatic heterocycles. The lowest BCUT2D eigenvalue weighted by Gasteiger charge is -2.05. The minimum Gasteiger partial charge on any atom is -0.468 e. The zero-order valence-electron chi connectivity index (χ0n) is 8.53. The molecule has 76 valence electrons. The van der Waals surface area contributed by atoms with Gasteiger partial charge in [0, 0.05) is 7.11 Å². The summed E-state index contributed by atoms with van der Waals surface area (Å²) in [4.78, 5) is 0. The highest BCUT2D eigenvalue weighted by Gasteiger charge is 1.94. The average Bonchev–Trinajstić information content (AvgIpc) is 2.25. The summed E-state index contributed by atoms with van der Waals surface area (Å²) >= 11 is 0. The average molecular weight is 192 g/mol. The van der Waals surface area contributed by atoms with Gasteiger partial charge in [-0.2, -0.15) is 0 Å². The van der Waals surface area contributed by atoms with Crippen molar-refractivity contribution in [3.8, 4) is 5.75 Å². The molecular formula is C12H16O2. The van der Waals surface area contributed by atoms with E-state index >= 15 is 0 Å². The van der Waals surface area contributed by atoms with Crippen molar-refractivity contribution in [3.05, 3.63) is 42.5 Å². The third kappa shape index (κ3) is 3.62. The molecule has 0 N–H and O–H groups in total. The van der Waals surface area contributed by atoms with Crippen molar-refractivity contribution in [1.82, 2.24) is 0 Å². The zero-order valence-corrected chi connectivity index (χ0v) is 8.53. The van der Waals surface area contributed by atoms with Gasteiger partial charge in [-0.15, -0.1) is 6.58 Å². The van der Waals surface area contributed by atoms with Gasteiger partial charge >= 0.3 is 0 Å². The fourth-order valence-corrected chi connectivity index (χ4v) is 1.15. The fourth-order valence-electron chi connectivity index (χ4n) is 1.15. The second-order valence-electron chi connectivity index (χ2n) is 3.02. The van der Waals surface area contributed by atoms with Crippen LogP contribution in [0, 0.1) is 0 Å². The summed E-state index contributed by atoms with van der Waals surface area (Å²) in [6, 6.07) is 8.04. The van der Waals surface area contributed by atoms with Gasteiger partial charge in [-0.05, 0) is 30.5 Å². The molecule has 0 unspecified atom stereocenters. The van der Waals surface area contributed by atoms with Crippen LogP contribution >= 0.6 is 0 Å². The summed E-state index contributed by atoms with van der Waals surface area (Å²) in [6.07, 6.45) is 3.97. The van der Waals surface area contributed by atoms with Crippen LogP contribution in [-0.4, -0.2) is 13.9 Å². The number of hydrogen-bond donors (Lipinski definition) is 0. The maximum absolute atomic E-state index is 5.27. The number of aryl methyl sites for hydroxylation is 1. The van der Waals surface area contributed by atoms with Crippen molar-refractivity contribution in [1.29, 1.82) is 0 Å². The highest BCUT2D eigenvalue weighted by Crippen LogP contribution is 2.13. The Morgan fingerprint density at radius 3 is 2.57 bits per heavy atom. The molecule has 0 fully saturated rings. The molecule has 0 saturated carbocycles. The molecule has 0 amide bonds. The minimum atomic E-state index is 0.298. The molecule has 0 saturated heterocycles. The molecular weight excluding hydrogens is 176 g/mol. The van der Waals surface area contributed by atoms with Gasteiger partial charge in [-0.1, -0.05) is 18.2 Å². The first-order chi connectivity index (χ1) is 6.86. The maximum Gasteiger partial charge on any atom is 0.188 e. The van der Waals surface area contributed by atoms with Crippen LogP contribution in [0.5, 0.6) is 5.75 Å². The van der Waals surface area contributed by atoms with Crippen LogP contribution in [-0.2, 0) is 11.2 Å². The van der Waals surface area contributed by atoms with Crippen molar-refractivity contribution >= 4 is 0 Å². The molecule has 0 radical (unpaired) electrons. The van der Waals surface area contributed by atoms with Gasteiger partial charge in [0.2, 0.25) is 0 Å². The van der Waals surface area contributed by atoms with E-state index < -0.39 is 0 Å². The van der Waals surface area contributed by atoms with Crippen molar-refractivity contribution in [2.24, 2.45) is 0 Å². The molecule has 1 rings (SSSR count). The third-order valence-corrected chi connectivity index (χ3v) is 1.90. The van der Waals surface area contributed by atoms with Gasteiger partial charge in [0.15, 0.2) is 6.79 Å². The Hall–Kier alpha value is -1.28. The zero-order chi connectivity index (χ0) is 10.2. The Balaban J connectivity index is 2.46.